The van der Waals surface area contributed by atoms with Crippen LogP contribution in [0.15, 0.2) is 18.3 Å². The molecule has 1 aromatic heterocycles. The monoisotopic (exact) mass is 571 g/mol. The van der Waals surface area contributed by atoms with Crippen LogP contribution in [-0.2, 0) is 22.6 Å². The molecule has 0 unspecified atom stereocenters. The van der Waals surface area contributed by atoms with Crippen molar-refractivity contribution >= 4 is 33.2 Å². The molecule has 2 aliphatic rings. The van der Waals surface area contributed by atoms with E-state index < -0.39 is 39.7 Å². The van der Waals surface area contributed by atoms with Gasteiger partial charge >= 0.3 is 6.18 Å². The summed E-state index contributed by atoms with van der Waals surface area (Å²) in [4.78, 5) is 10.4. The third-order valence-corrected chi connectivity index (χ3v) is 8.69. The van der Waals surface area contributed by atoms with Gasteiger partial charge < -0.3 is 25.6 Å². The second-order valence-corrected chi connectivity index (χ2v) is 11.9. The lowest BCUT2D eigenvalue weighted by Gasteiger charge is -2.32. The maximum atomic E-state index is 13.9. The Hall–Kier alpha value is -2.84. The Morgan fingerprint density at radius 2 is 1.95 bits per heavy atom. The van der Waals surface area contributed by atoms with E-state index >= 15 is 0 Å². The van der Waals surface area contributed by atoms with Gasteiger partial charge in [-0.1, -0.05) is 6.92 Å². The van der Waals surface area contributed by atoms with Gasteiger partial charge in [0.05, 0.1) is 19.1 Å². The molecule has 2 atom stereocenters. The molecule has 0 amide bonds. The van der Waals surface area contributed by atoms with Crippen molar-refractivity contribution in [2.75, 3.05) is 62.1 Å². The fourth-order valence-corrected chi connectivity index (χ4v) is 5.95. The minimum absolute atomic E-state index is 0.0354. The van der Waals surface area contributed by atoms with Gasteiger partial charge in [0.1, 0.15) is 17.1 Å². The van der Waals surface area contributed by atoms with Crippen LogP contribution in [0, 0.1) is 0 Å². The average molecular weight is 572 g/mol. The fourth-order valence-electron chi connectivity index (χ4n) is 5.21. The van der Waals surface area contributed by atoms with Crippen molar-refractivity contribution in [1.29, 1.82) is 0 Å². The molecule has 2 fully saturated rings. The van der Waals surface area contributed by atoms with Crippen molar-refractivity contribution in [3.05, 3.63) is 29.5 Å². The Kier molecular flexibility index (Phi) is 8.76. The Balaban J connectivity index is 1.66. The Morgan fingerprint density at radius 3 is 2.56 bits per heavy atom. The third kappa shape index (κ3) is 6.67. The lowest BCUT2D eigenvalue weighted by molar-refractivity contribution is -0.137. The zero-order chi connectivity index (χ0) is 28.4. The first kappa shape index (κ1) is 29.2. The fraction of sp³-hybridized carbons (Fsp3) is 0.600. The van der Waals surface area contributed by atoms with Gasteiger partial charge in [0, 0.05) is 63.3 Å². The van der Waals surface area contributed by atoms with E-state index in [2.05, 4.69) is 30.8 Å². The number of hydrogen-bond acceptors (Lipinski definition) is 9. The number of piperazine rings is 1. The highest BCUT2D eigenvalue weighted by molar-refractivity contribution is 7.88. The van der Waals surface area contributed by atoms with Gasteiger partial charge in [-0.3, -0.25) is 0 Å². The van der Waals surface area contributed by atoms with Gasteiger partial charge in [-0.25, -0.2) is 17.7 Å². The summed E-state index contributed by atoms with van der Waals surface area (Å²) in [7, 11) is -0.542. The van der Waals surface area contributed by atoms with Crippen LogP contribution in [0.4, 0.5) is 36.3 Å². The maximum absolute atomic E-state index is 13.9. The van der Waals surface area contributed by atoms with E-state index in [1.165, 1.54) is 18.5 Å². The number of halogens is 3. The largest absolute Gasteiger partial charge is 0.494 e. The summed E-state index contributed by atoms with van der Waals surface area (Å²) in [6, 6.07) is 2.82. The van der Waals surface area contributed by atoms with E-state index in [4.69, 9.17) is 4.74 Å². The molecule has 1 aromatic carbocycles. The lowest BCUT2D eigenvalue weighted by Crippen LogP contribution is -2.44. The number of anilines is 4. The van der Waals surface area contributed by atoms with Gasteiger partial charge in [0.25, 0.3) is 0 Å². The standard InChI is InChI=1S/C25H36F3N7O3S/c1-5-16-13-19(22(38-3)14-21(16)35-11-9-29-10-12-35)32-24-30-15-17(25(26,27)28)23(33-24)31-18-7-6-8-20(18)34(2)39(4,36)37/h13-15,18,20,29H,5-12H2,1-4H3,(H2,30,31,32,33)/t18-,20-/m1/s1. The molecule has 1 saturated heterocycles. The number of nitrogens with one attached hydrogen (secondary N) is 3. The van der Waals surface area contributed by atoms with Crippen LogP contribution in [-0.4, -0.2) is 81.4 Å². The van der Waals surface area contributed by atoms with Gasteiger partial charge in [-0.2, -0.15) is 18.2 Å². The summed E-state index contributed by atoms with van der Waals surface area (Å²) in [5.41, 5.74) is 1.63. The van der Waals surface area contributed by atoms with E-state index in [1.807, 2.05) is 19.1 Å². The summed E-state index contributed by atoms with van der Waals surface area (Å²) in [5, 5.41) is 9.26. The van der Waals surface area contributed by atoms with E-state index in [-0.39, 0.29) is 5.95 Å². The van der Waals surface area contributed by atoms with Crippen LogP contribution in [0.1, 0.15) is 37.3 Å². The molecule has 3 N–H and O–H groups in total. The normalized spacial score (nSPS) is 20.4. The molecule has 39 heavy (non-hydrogen) atoms. The molecule has 0 radical (unpaired) electrons. The number of nitrogens with zero attached hydrogens (tertiary/aromatic N) is 4. The Labute approximate surface area is 227 Å². The number of rotatable bonds is 9. The molecule has 2 heterocycles. The molecule has 4 rings (SSSR count). The van der Waals surface area contributed by atoms with Crippen molar-refractivity contribution in [2.24, 2.45) is 0 Å². The highest BCUT2D eigenvalue weighted by Crippen LogP contribution is 2.38. The highest BCUT2D eigenvalue weighted by Gasteiger charge is 2.39. The SMILES string of the molecule is CCc1cc(Nc2ncc(C(F)(F)F)c(N[C@@H]3CCC[C@H]3N(C)S(C)(=O)=O)n2)c(OC)cc1N1CCNCC1. The summed E-state index contributed by atoms with van der Waals surface area (Å²) in [6.07, 6.45) is -0.405. The number of benzene rings is 1. The number of methoxy groups -OCH3 is 1. The van der Waals surface area contributed by atoms with Crippen LogP contribution in [0.3, 0.4) is 0 Å². The minimum Gasteiger partial charge on any atom is -0.494 e. The summed E-state index contributed by atoms with van der Waals surface area (Å²) in [6.45, 7) is 5.51. The van der Waals surface area contributed by atoms with Gasteiger partial charge in [-0.15, -0.1) is 0 Å². The molecule has 2 aromatic rings. The quantitative estimate of drug-likeness (QED) is 0.417. The second-order valence-electron chi connectivity index (χ2n) is 9.88. The molecule has 216 valence electrons. The number of ether oxygens (including phenoxy) is 1. The van der Waals surface area contributed by atoms with Crippen LogP contribution < -0.4 is 25.6 Å². The first-order valence-electron chi connectivity index (χ1n) is 13.0. The first-order valence-corrected chi connectivity index (χ1v) is 14.8. The zero-order valence-electron chi connectivity index (χ0n) is 22.6. The Bertz CT molecular complexity index is 1270. The van der Waals surface area contributed by atoms with Crippen LogP contribution in [0.5, 0.6) is 5.75 Å². The van der Waals surface area contributed by atoms with E-state index in [0.29, 0.717) is 30.7 Å². The minimum atomic E-state index is -4.70. The molecular formula is C25H36F3N7O3S. The van der Waals surface area contributed by atoms with Crippen molar-refractivity contribution in [3.63, 3.8) is 0 Å². The van der Waals surface area contributed by atoms with Crippen molar-refractivity contribution in [3.8, 4) is 5.75 Å². The number of aryl methyl sites for hydroxylation is 1. The van der Waals surface area contributed by atoms with Crippen molar-refractivity contribution < 1.29 is 26.3 Å². The highest BCUT2D eigenvalue weighted by atomic mass is 32.2. The lowest BCUT2D eigenvalue weighted by atomic mass is 10.1. The molecule has 0 spiro atoms. The summed E-state index contributed by atoms with van der Waals surface area (Å²) in [5.74, 6) is 0.0853. The second kappa shape index (κ2) is 11.7. The Morgan fingerprint density at radius 1 is 1.23 bits per heavy atom. The number of alkyl halides is 3. The maximum Gasteiger partial charge on any atom is 0.421 e. The molecule has 1 aliphatic heterocycles. The molecule has 0 bridgehead atoms. The molecule has 10 nitrogen and oxygen atoms in total. The zero-order valence-corrected chi connectivity index (χ0v) is 23.4. The van der Waals surface area contributed by atoms with Crippen LogP contribution >= 0.6 is 0 Å². The first-order chi connectivity index (χ1) is 18.4. The predicted octanol–water partition coefficient (Wildman–Crippen LogP) is 3.44. The number of aromatic nitrogens is 2. The van der Waals surface area contributed by atoms with E-state index in [9.17, 15) is 21.6 Å². The van der Waals surface area contributed by atoms with Crippen molar-refractivity contribution in [1.82, 2.24) is 19.6 Å². The summed E-state index contributed by atoms with van der Waals surface area (Å²) < 4.78 is 72.7. The molecular weight excluding hydrogens is 535 g/mol. The van der Waals surface area contributed by atoms with Crippen LogP contribution in [0.2, 0.25) is 0 Å². The smallest absolute Gasteiger partial charge is 0.421 e. The predicted molar refractivity (Wildman–Crippen MR) is 145 cm³/mol. The van der Waals surface area contributed by atoms with E-state index in [0.717, 1.165) is 56.3 Å². The van der Waals surface area contributed by atoms with Crippen molar-refractivity contribution in [2.45, 2.75) is 50.9 Å². The number of likely N-dealkylation sites (N-methyl/N-ethyl adjacent to an activating group) is 1. The van der Waals surface area contributed by atoms with Gasteiger partial charge in [-0.05, 0) is 37.3 Å². The van der Waals surface area contributed by atoms with Gasteiger partial charge in [0.15, 0.2) is 0 Å². The summed E-state index contributed by atoms with van der Waals surface area (Å²) >= 11 is 0. The number of sulfonamides is 1. The molecule has 14 heteroatoms. The average Bonchev–Trinajstić information content (AvgIpc) is 3.35. The molecule has 1 saturated carbocycles. The third-order valence-electron chi connectivity index (χ3n) is 7.37. The van der Waals surface area contributed by atoms with E-state index in [1.54, 1.807) is 0 Å². The van der Waals surface area contributed by atoms with Gasteiger partial charge in [0.2, 0.25) is 16.0 Å². The van der Waals surface area contributed by atoms with Crippen LogP contribution in [0.25, 0.3) is 0 Å². The molecule has 1 aliphatic carbocycles. The topological polar surface area (TPSA) is 112 Å². The number of hydrogen-bond donors (Lipinski definition) is 3.